The number of ether oxygens (including phenoxy) is 2. The Morgan fingerprint density at radius 1 is 1.23 bits per heavy atom. The maximum Gasteiger partial charge on any atom is 0.308 e. The van der Waals surface area contributed by atoms with Crippen LogP contribution in [-0.4, -0.2) is 48.6 Å². The molecule has 0 aliphatic carbocycles. The van der Waals surface area contributed by atoms with E-state index in [1.807, 2.05) is 13.0 Å². The molecule has 1 aromatic heterocycles. The summed E-state index contributed by atoms with van der Waals surface area (Å²) >= 11 is 0. The fourth-order valence-corrected chi connectivity index (χ4v) is 3.27. The number of hydrogen-bond acceptors (Lipinski definition) is 5. The van der Waals surface area contributed by atoms with Crippen LogP contribution in [0.5, 0.6) is 11.6 Å². The summed E-state index contributed by atoms with van der Waals surface area (Å²) in [5, 5.41) is 3.31. The normalized spacial score (nSPS) is 15.0. The fourth-order valence-electron chi connectivity index (χ4n) is 3.27. The fraction of sp³-hybridized carbons (Fsp3) is 0.409. The molecule has 1 saturated heterocycles. The zero-order valence-electron chi connectivity index (χ0n) is 17.3. The highest BCUT2D eigenvalue weighted by Crippen LogP contribution is 2.20. The van der Waals surface area contributed by atoms with Gasteiger partial charge < -0.3 is 19.7 Å². The lowest BCUT2D eigenvalue weighted by Crippen LogP contribution is -2.46. The van der Waals surface area contributed by atoms with Gasteiger partial charge in [0.05, 0.1) is 19.6 Å². The van der Waals surface area contributed by atoms with E-state index in [4.69, 9.17) is 14.5 Å². The Bertz CT molecular complexity index is 848. The van der Waals surface area contributed by atoms with Gasteiger partial charge >= 0.3 is 5.97 Å². The van der Waals surface area contributed by atoms with E-state index in [0.717, 1.165) is 44.0 Å². The van der Waals surface area contributed by atoms with Crippen molar-refractivity contribution in [3.8, 4) is 11.6 Å². The van der Waals surface area contributed by atoms with Gasteiger partial charge in [-0.2, -0.15) is 0 Å². The number of pyridine rings is 1. The first-order valence-corrected chi connectivity index (χ1v) is 10.1. The van der Waals surface area contributed by atoms with Crippen molar-refractivity contribution in [2.75, 3.05) is 26.7 Å². The van der Waals surface area contributed by atoms with E-state index >= 15 is 0 Å². The van der Waals surface area contributed by atoms with Gasteiger partial charge in [-0.3, -0.25) is 4.79 Å². The summed E-state index contributed by atoms with van der Waals surface area (Å²) in [5.41, 5.74) is 0.946. The third-order valence-electron chi connectivity index (χ3n) is 4.91. The lowest BCUT2D eigenvalue weighted by Gasteiger charge is -2.33. The van der Waals surface area contributed by atoms with Crippen molar-refractivity contribution in [2.45, 2.75) is 26.3 Å². The summed E-state index contributed by atoms with van der Waals surface area (Å²) in [5.74, 6) is 1.31. The molecule has 0 spiro atoms. The summed E-state index contributed by atoms with van der Waals surface area (Å²) in [4.78, 5) is 22.9. The van der Waals surface area contributed by atoms with E-state index in [1.165, 1.54) is 19.2 Å². The summed E-state index contributed by atoms with van der Waals surface area (Å²) in [6.07, 6.45) is 3.23. The molecule has 0 unspecified atom stereocenters. The number of methoxy groups -OCH3 is 1. The Kier molecular flexibility index (Phi) is 7.59. The van der Waals surface area contributed by atoms with Gasteiger partial charge in [0.2, 0.25) is 5.88 Å². The van der Waals surface area contributed by atoms with E-state index in [2.05, 4.69) is 15.2 Å². The number of aliphatic imine (C=N–C) groups is 1. The maximum absolute atomic E-state index is 13.0. The number of guanidine groups is 1. The second-order valence-electron chi connectivity index (χ2n) is 7.02. The van der Waals surface area contributed by atoms with Crippen molar-refractivity contribution in [1.29, 1.82) is 0 Å². The zero-order valence-corrected chi connectivity index (χ0v) is 17.3. The minimum absolute atomic E-state index is 0.0352. The molecule has 30 heavy (non-hydrogen) atoms. The molecule has 1 aromatic carbocycles. The Morgan fingerprint density at radius 2 is 1.97 bits per heavy atom. The van der Waals surface area contributed by atoms with Crippen molar-refractivity contribution in [1.82, 2.24) is 15.2 Å². The van der Waals surface area contributed by atoms with E-state index in [1.54, 1.807) is 24.4 Å². The van der Waals surface area contributed by atoms with Crippen LogP contribution in [-0.2, 0) is 16.1 Å². The zero-order chi connectivity index (χ0) is 21.3. The number of piperidine rings is 1. The topological polar surface area (TPSA) is 76.1 Å². The van der Waals surface area contributed by atoms with Crippen molar-refractivity contribution in [3.63, 3.8) is 0 Å². The first kappa shape index (κ1) is 21.5. The number of carbonyl (C=O) groups excluding carboxylic acids is 1. The number of esters is 1. The van der Waals surface area contributed by atoms with Crippen LogP contribution in [0.2, 0.25) is 0 Å². The molecule has 1 fully saturated rings. The number of benzene rings is 1. The minimum Gasteiger partial charge on any atom is -0.469 e. The number of nitrogens with zero attached hydrogens (tertiary/aromatic N) is 3. The number of carbonyl (C=O) groups is 1. The lowest BCUT2D eigenvalue weighted by atomic mass is 9.97. The van der Waals surface area contributed by atoms with Crippen LogP contribution < -0.4 is 10.1 Å². The Labute approximate surface area is 175 Å². The smallest absolute Gasteiger partial charge is 0.308 e. The number of rotatable bonds is 6. The largest absolute Gasteiger partial charge is 0.469 e. The number of likely N-dealkylation sites (tertiary alicyclic amines) is 1. The molecule has 160 valence electrons. The van der Waals surface area contributed by atoms with E-state index in [-0.39, 0.29) is 17.7 Å². The molecule has 0 radical (unpaired) electrons. The van der Waals surface area contributed by atoms with Gasteiger partial charge in [-0.15, -0.1) is 0 Å². The quantitative estimate of drug-likeness (QED) is 0.444. The molecular formula is C22H27FN4O3. The molecule has 3 rings (SSSR count). The van der Waals surface area contributed by atoms with E-state index < -0.39 is 0 Å². The third kappa shape index (κ3) is 5.92. The minimum atomic E-state index is -0.311. The standard InChI is InChI=1S/C22H27FN4O3/c1-3-24-22(27-12-10-17(11-13-27)21(28)29-2)26-15-16-4-9-20(25-14-16)30-19-7-5-18(23)6-8-19/h4-9,14,17H,3,10-13,15H2,1-2H3,(H,24,26). The molecule has 8 heteroatoms. The molecular weight excluding hydrogens is 387 g/mol. The van der Waals surface area contributed by atoms with Gasteiger partial charge in [-0.1, -0.05) is 6.07 Å². The van der Waals surface area contributed by atoms with Crippen LogP contribution in [0.4, 0.5) is 4.39 Å². The van der Waals surface area contributed by atoms with E-state index in [9.17, 15) is 9.18 Å². The van der Waals surface area contributed by atoms with Gasteiger partial charge in [-0.25, -0.2) is 14.4 Å². The predicted molar refractivity (Wildman–Crippen MR) is 112 cm³/mol. The van der Waals surface area contributed by atoms with Gasteiger partial charge in [0.25, 0.3) is 0 Å². The second kappa shape index (κ2) is 10.6. The van der Waals surface area contributed by atoms with Gasteiger partial charge in [0.15, 0.2) is 5.96 Å². The van der Waals surface area contributed by atoms with Crippen LogP contribution in [0.1, 0.15) is 25.3 Å². The predicted octanol–water partition coefficient (Wildman–Crippen LogP) is 3.36. The average Bonchev–Trinajstić information content (AvgIpc) is 2.79. The van der Waals surface area contributed by atoms with Crippen LogP contribution in [0.15, 0.2) is 47.6 Å². The molecule has 1 aliphatic rings. The Hall–Kier alpha value is -3.16. The summed E-state index contributed by atoms with van der Waals surface area (Å²) in [6, 6.07) is 9.47. The number of aromatic nitrogens is 1. The first-order chi connectivity index (χ1) is 14.6. The molecule has 2 aromatic rings. The van der Waals surface area contributed by atoms with Crippen molar-refractivity contribution in [2.24, 2.45) is 10.9 Å². The number of nitrogens with one attached hydrogen (secondary N) is 1. The van der Waals surface area contributed by atoms with Crippen molar-refractivity contribution < 1.29 is 18.7 Å². The van der Waals surface area contributed by atoms with Crippen molar-refractivity contribution in [3.05, 3.63) is 54.0 Å². The summed E-state index contributed by atoms with van der Waals surface area (Å²) in [6.45, 7) is 4.78. The third-order valence-corrected chi connectivity index (χ3v) is 4.91. The Morgan fingerprint density at radius 3 is 2.57 bits per heavy atom. The molecule has 0 atom stereocenters. The lowest BCUT2D eigenvalue weighted by molar-refractivity contribution is -0.146. The Balaban J connectivity index is 1.58. The maximum atomic E-state index is 13.0. The highest BCUT2D eigenvalue weighted by Gasteiger charge is 2.26. The highest BCUT2D eigenvalue weighted by molar-refractivity contribution is 5.80. The molecule has 0 amide bonds. The summed E-state index contributed by atoms with van der Waals surface area (Å²) < 4.78 is 23.4. The first-order valence-electron chi connectivity index (χ1n) is 10.1. The monoisotopic (exact) mass is 414 g/mol. The number of halogens is 1. The van der Waals surface area contributed by atoms with Gasteiger partial charge in [-0.05, 0) is 49.6 Å². The highest BCUT2D eigenvalue weighted by atomic mass is 19.1. The van der Waals surface area contributed by atoms with Crippen LogP contribution >= 0.6 is 0 Å². The van der Waals surface area contributed by atoms with Crippen LogP contribution in [0.25, 0.3) is 0 Å². The van der Waals surface area contributed by atoms with Crippen LogP contribution in [0, 0.1) is 11.7 Å². The molecule has 1 N–H and O–H groups in total. The van der Waals surface area contributed by atoms with Crippen molar-refractivity contribution >= 4 is 11.9 Å². The summed E-state index contributed by atoms with van der Waals surface area (Å²) in [7, 11) is 1.43. The second-order valence-corrected chi connectivity index (χ2v) is 7.02. The average molecular weight is 414 g/mol. The molecule has 0 saturated carbocycles. The van der Waals surface area contributed by atoms with Crippen LogP contribution in [0.3, 0.4) is 0 Å². The number of hydrogen-bond donors (Lipinski definition) is 1. The molecule has 2 heterocycles. The van der Waals surface area contributed by atoms with Gasteiger partial charge in [0, 0.05) is 31.9 Å². The SMILES string of the molecule is CCNC(=NCc1ccc(Oc2ccc(F)cc2)nc1)N1CCC(C(=O)OC)CC1. The molecule has 0 bridgehead atoms. The van der Waals surface area contributed by atoms with E-state index in [0.29, 0.717) is 18.2 Å². The molecule has 7 nitrogen and oxygen atoms in total. The van der Waals surface area contributed by atoms with Gasteiger partial charge in [0.1, 0.15) is 11.6 Å². The molecule has 1 aliphatic heterocycles.